The van der Waals surface area contributed by atoms with Gasteiger partial charge < -0.3 is 5.32 Å². The molecule has 0 aromatic carbocycles. The minimum atomic E-state index is 0.586. The lowest BCUT2D eigenvalue weighted by Gasteiger charge is -2.23. The molecule has 1 aliphatic heterocycles. The Morgan fingerprint density at radius 1 is 1.57 bits per heavy atom. The number of aromatic nitrogens is 2. The topological polar surface area (TPSA) is 37.8 Å². The molecule has 0 saturated carbocycles. The van der Waals surface area contributed by atoms with Crippen molar-refractivity contribution >= 4 is 17.6 Å². The highest BCUT2D eigenvalue weighted by Gasteiger charge is 2.22. The first-order valence-electron chi connectivity index (χ1n) is 5.04. The van der Waals surface area contributed by atoms with E-state index in [1.165, 1.54) is 11.5 Å². The van der Waals surface area contributed by atoms with Crippen LogP contribution in [0.3, 0.4) is 0 Å². The van der Waals surface area contributed by atoms with Gasteiger partial charge in [-0.25, -0.2) is 9.97 Å². The van der Waals surface area contributed by atoms with E-state index >= 15 is 0 Å². The molecule has 0 aliphatic carbocycles. The third kappa shape index (κ3) is 2.18. The van der Waals surface area contributed by atoms with Gasteiger partial charge in [-0.1, -0.05) is 6.92 Å². The second-order valence-corrected chi connectivity index (χ2v) is 4.54. The largest absolute Gasteiger partial charge is 0.370 e. The Labute approximate surface area is 88.7 Å². The summed E-state index contributed by atoms with van der Waals surface area (Å²) in [5.74, 6) is 4.91. The number of anilines is 1. The monoisotopic (exact) mass is 209 g/mol. The van der Waals surface area contributed by atoms with Gasteiger partial charge in [0.15, 0.2) is 0 Å². The fraction of sp³-hybridized carbons (Fsp3) is 0.600. The van der Waals surface area contributed by atoms with Gasteiger partial charge in [-0.05, 0) is 12.5 Å². The summed E-state index contributed by atoms with van der Waals surface area (Å²) in [4.78, 5) is 8.80. The van der Waals surface area contributed by atoms with Gasteiger partial charge in [0.05, 0.1) is 0 Å². The molecule has 0 bridgehead atoms. The van der Waals surface area contributed by atoms with Gasteiger partial charge in [0.25, 0.3) is 0 Å². The van der Waals surface area contributed by atoms with Crippen molar-refractivity contribution < 1.29 is 0 Å². The molecule has 1 aromatic heterocycles. The van der Waals surface area contributed by atoms with Crippen LogP contribution >= 0.6 is 11.8 Å². The third-order valence-electron chi connectivity index (χ3n) is 2.23. The normalized spacial score (nSPS) is 16.4. The smallest absolute Gasteiger partial charge is 0.135 e. The highest BCUT2D eigenvalue weighted by atomic mass is 32.2. The summed E-state index contributed by atoms with van der Waals surface area (Å²) in [6.07, 6.45) is 2.97. The Morgan fingerprint density at radius 3 is 3.07 bits per heavy atom. The summed E-state index contributed by atoms with van der Waals surface area (Å²) in [7, 11) is 0. The molecule has 14 heavy (non-hydrogen) atoms. The predicted octanol–water partition coefficient (Wildman–Crippen LogP) is 2.13. The van der Waals surface area contributed by atoms with Crippen molar-refractivity contribution in [2.24, 2.45) is 0 Å². The molecule has 1 N–H and O–H groups in total. The minimum Gasteiger partial charge on any atom is -0.370 e. The quantitative estimate of drug-likeness (QED) is 0.824. The van der Waals surface area contributed by atoms with E-state index in [-0.39, 0.29) is 0 Å². The molecule has 3 nitrogen and oxygen atoms in total. The lowest BCUT2D eigenvalue weighted by Crippen LogP contribution is -2.19. The number of hydrogen-bond donors (Lipinski definition) is 1. The second-order valence-electron chi connectivity index (χ2n) is 3.46. The Hall–Kier alpha value is -0.770. The van der Waals surface area contributed by atoms with Crippen molar-refractivity contribution in [2.75, 3.05) is 23.4 Å². The van der Waals surface area contributed by atoms with Crippen LogP contribution in [0.25, 0.3) is 0 Å². The number of hydrogen-bond acceptors (Lipinski definition) is 4. The Bertz CT molecular complexity index is 299. The maximum Gasteiger partial charge on any atom is 0.135 e. The van der Waals surface area contributed by atoms with E-state index in [0.29, 0.717) is 5.92 Å². The van der Waals surface area contributed by atoms with E-state index in [1.807, 2.05) is 24.0 Å². The summed E-state index contributed by atoms with van der Waals surface area (Å²) in [5.41, 5.74) is 0. The SMILES string of the molecule is CCCNc1ccnc(C2CSC2)n1. The van der Waals surface area contributed by atoms with E-state index in [0.717, 1.165) is 24.6 Å². The molecule has 0 radical (unpaired) electrons. The fourth-order valence-electron chi connectivity index (χ4n) is 1.31. The molecule has 2 heterocycles. The molecule has 76 valence electrons. The minimum absolute atomic E-state index is 0.586. The van der Waals surface area contributed by atoms with E-state index in [4.69, 9.17) is 0 Å². The summed E-state index contributed by atoms with van der Waals surface area (Å²) in [6.45, 7) is 3.13. The molecular formula is C10H15N3S. The van der Waals surface area contributed by atoms with Gasteiger partial charge >= 0.3 is 0 Å². The van der Waals surface area contributed by atoms with Gasteiger partial charge in [-0.2, -0.15) is 11.8 Å². The van der Waals surface area contributed by atoms with Crippen molar-refractivity contribution in [3.05, 3.63) is 18.1 Å². The van der Waals surface area contributed by atoms with Crippen LogP contribution < -0.4 is 5.32 Å². The van der Waals surface area contributed by atoms with Crippen LogP contribution in [0.1, 0.15) is 25.1 Å². The molecule has 1 aliphatic rings. The van der Waals surface area contributed by atoms with Crippen LogP contribution in [0, 0.1) is 0 Å². The lowest BCUT2D eigenvalue weighted by molar-refractivity contribution is 0.763. The Balaban J connectivity index is 2.02. The summed E-state index contributed by atoms with van der Waals surface area (Å²) in [6, 6.07) is 1.94. The molecule has 1 saturated heterocycles. The first kappa shape index (κ1) is 9.77. The fourth-order valence-corrected chi connectivity index (χ4v) is 2.08. The molecule has 0 unspecified atom stereocenters. The first-order chi connectivity index (χ1) is 6.90. The highest BCUT2D eigenvalue weighted by molar-refractivity contribution is 8.00. The van der Waals surface area contributed by atoms with Crippen molar-refractivity contribution in [1.29, 1.82) is 0 Å². The number of nitrogens with one attached hydrogen (secondary N) is 1. The zero-order valence-corrected chi connectivity index (χ0v) is 9.18. The standard InChI is InChI=1S/C10H15N3S/c1-2-4-11-9-3-5-12-10(13-9)8-6-14-7-8/h3,5,8H,2,4,6-7H2,1H3,(H,11,12,13). The van der Waals surface area contributed by atoms with Gasteiger partial charge in [0, 0.05) is 30.2 Å². The van der Waals surface area contributed by atoms with Crippen molar-refractivity contribution in [3.8, 4) is 0 Å². The maximum absolute atomic E-state index is 4.50. The van der Waals surface area contributed by atoms with Crippen LogP contribution in [-0.2, 0) is 0 Å². The molecule has 1 fully saturated rings. The van der Waals surface area contributed by atoms with E-state index in [9.17, 15) is 0 Å². The zero-order chi connectivity index (χ0) is 9.80. The van der Waals surface area contributed by atoms with Gasteiger partial charge in [0.1, 0.15) is 11.6 Å². The van der Waals surface area contributed by atoms with Gasteiger partial charge in [-0.15, -0.1) is 0 Å². The van der Waals surface area contributed by atoms with Crippen LogP contribution in [0.4, 0.5) is 5.82 Å². The summed E-state index contributed by atoms with van der Waals surface area (Å²) < 4.78 is 0. The van der Waals surface area contributed by atoms with Crippen LogP contribution in [0.15, 0.2) is 12.3 Å². The molecule has 2 rings (SSSR count). The number of rotatable bonds is 4. The Kier molecular flexibility index (Phi) is 3.24. The molecule has 0 amide bonds. The molecular weight excluding hydrogens is 194 g/mol. The third-order valence-corrected chi connectivity index (χ3v) is 3.51. The molecule has 1 aromatic rings. The van der Waals surface area contributed by atoms with E-state index in [2.05, 4.69) is 22.2 Å². The van der Waals surface area contributed by atoms with Gasteiger partial charge in [-0.3, -0.25) is 0 Å². The zero-order valence-electron chi connectivity index (χ0n) is 8.36. The van der Waals surface area contributed by atoms with E-state index in [1.54, 1.807) is 0 Å². The lowest BCUT2D eigenvalue weighted by atomic mass is 10.2. The first-order valence-corrected chi connectivity index (χ1v) is 6.20. The maximum atomic E-state index is 4.50. The second kappa shape index (κ2) is 4.64. The van der Waals surface area contributed by atoms with E-state index < -0.39 is 0 Å². The number of nitrogens with zero attached hydrogens (tertiary/aromatic N) is 2. The summed E-state index contributed by atoms with van der Waals surface area (Å²) in [5, 5.41) is 3.28. The van der Waals surface area contributed by atoms with Crippen LogP contribution in [-0.4, -0.2) is 28.0 Å². The summed E-state index contributed by atoms with van der Waals surface area (Å²) >= 11 is 1.96. The highest BCUT2D eigenvalue weighted by Crippen LogP contribution is 2.31. The van der Waals surface area contributed by atoms with Gasteiger partial charge in [0.2, 0.25) is 0 Å². The van der Waals surface area contributed by atoms with Crippen molar-refractivity contribution in [2.45, 2.75) is 19.3 Å². The number of thioether (sulfide) groups is 1. The van der Waals surface area contributed by atoms with Crippen LogP contribution in [0.2, 0.25) is 0 Å². The van der Waals surface area contributed by atoms with Crippen molar-refractivity contribution in [1.82, 2.24) is 9.97 Å². The molecule has 4 heteroatoms. The van der Waals surface area contributed by atoms with Crippen molar-refractivity contribution in [3.63, 3.8) is 0 Å². The predicted molar refractivity (Wildman–Crippen MR) is 60.9 cm³/mol. The Morgan fingerprint density at radius 2 is 2.43 bits per heavy atom. The average Bonchev–Trinajstić information content (AvgIpc) is 2.13. The molecule has 0 spiro atoms. The molecule has 0 atom stereocenters. The average molecular weight is 209 g/mol. The van der Waals surface area contributed by atoms with Crippen LogP contribution in [0.5, 0.6) is 0 Å².